The van der Waals surface area contributed by atoms with Gasteiger partial charge in [-0.3, -0.25) is 19.3 Å². The summed E-state index contributed by atoms with van der Waals surface area (Å²) in [5, 5.41) is 14.1. The molecule has 0 saturated carbocycles. The number of carbonyl (C=O) groups is 4. The number of nitrogens with zero attached hydrogens (tertiary/aromatic N) is 3. The minimum Gasteiger partial charge on any atom is -0.476 e. The first-order valence-electron chi connectivity index (χ1n) is 12.9. The lowest BCUT2D eigenvalue weighted by Gasteiger charge is -2.38. The number of carbonyl (C=O) groups excluding carboxylic acids is 3. The second-order valence-electron chi connectivity index (χ2n) is 10.6. The summed E-state index contributed by atoms with van der Waals surface area (Å²) in [5.41, 5.74) is -0.776. The van der Waals surface area contributed by atoms with Crippen molar-refractivity contribution in [2.45, 2.75) is 91.0 Å². The molecule has 37 heavy (non-hydrogen) atoms. The van der Waals surface area contributed by atoms with E-state index in [1.165, 1.54) is 12.3 Å². The first-order valence-corrected chi connectivity index (χ1v) is 13.8. The average Bonchev–Trinajstić information content (AvgIpc) is 3.46. The number of aromatic carboxylic acids is 1. The van der Waals surface area contributed by atoms with Gasteiger partial charge >= 0.3 is 11.9 Å². The van der Waals surface area contributed by atoms with Gasteiger partial charge in [0.2, 0.25) is 11.8 Å². The maximum absolute atomic E-state index is 13.9. The van der Waals surface area contributed by atoms with Crippen LogP contribution in [0.3, 0.4) is 0 Å². The molecule has 1 aliphatic heterocycles. The molecule has 1 fully saturated rings. The Balaban J connectivity index is 2.31. The molecule has 2 rings (SSSR count). The van der Waals surface area contributed by atoms with Gasteiger partial charge in [-0.15, -0.1) is 11.3 Å². The molecule has 2 amide bonds. The summed E-state index contributed by atoms with van der Waals surface area (Å²) in [5.74, 6) is -2.15. The number of carboxylic acids is 1. The Morgan fingerprint density at radius 2 is 1.95 bits per heavy atom. The van der Waals surface area contributed by atoms with Crippen LogP contribution in [-0.2, 0) is 19.1 Å². The van der Waals surface area contributed by atoms with E-state index in [1.807, 2.05) is 46.6 Å². The number of hydrogen-bond acceptors (Lipinski definition) is 8. The normalized spacial score (nSPS) is 21.2. The number of likely N-dealkylation sites (tertiary alicyclic amines) is 1. The van der Waals surface area contributed by atoms with Crippen molar-refractivity contribution in [1.29, 1.82) is 0 Å². The third-order valence-corrected chi connectivity index (χ3v) is 8.59. The van der Waals surface area contributed by atoms with Crippen molar-refractivity contribution >= 4 is 35.1 Å². The summed E-state index contributed by atoms with van der Waals surface area (Å²) in [4.78, 5) is 58.2. The number of ether oxygens (including phenoxy) is 1. The van der Waals surface area contributed by atoms with Crippen molar-refractivity contribution in [2.24, 2.45) is 11.8 Å². The number of aromatic nitrogens is 1. The van der Waals surface area contributed by atoms with Crippen LogP contribution in [0.2, 0.25) is 0 Å². The predicted octanol–water partition coefficient (Wildman–Crippen LogP) is 3.33. The van der Waals surface area contributed by atoms with Crippen molar-refractivity contribution in [1.82, 2.24) is 20.1 Å². The lowest BCUT2D eigenvalue weighted by atomic mass is 9.91. The number of nitrogens with one attached hydrogen (secondary N) is 1. The molecule has 0 radical (unpaired) electrons. The largest absolute Gasteiger partial charge is 0.476 e. The first-order chi connectivity index (χ1) is 17.2. The Morgan fingerprint density at radius 1 is 1.30 bits per heavy atom. The Hall–Kier alpha value is -2.53. The molecule has 11 heteroatoms. The highest BCUT2D eigenvalue weighted by Gasteiger charge is 2.43. The van der Waals surface area contributed by atoms with E-state index in [1.54, 1.807) is 11.9 Å². The number of likely N-dealkylation sites (N-methyl/N-ethyl adjacent to an activating group) is 2. The van der Waals surface area contributed by atoms with Crippen LogP contribution in [0.15, 0.2) is 5.38 Å². The number of esters is 1. The molecule has 10 nitrogen and oxygen atoms in total. The van der Waals surface area contributed by atoms with Gasteiger partial charge in [-0.2, -0.15) is 0 Å². The maximum atomic E-state index is 13.9. The summed E-state index contributed by atoms with van der Waals surface area (Å²) in [6, 6.07) is -1.07. The molecule has 2 heterocycles. The average molecular weight is 539 g/mol. The van der Waals surface area contributed by atoms with Crippen LogP contribution in [0.25, 0.3) is 0 Å². The van der Waals surface area contributed by atoms with Gasteiger partial charge in [0.1, 0.15) is 11.0 Å². The zero-order valence-electron chi connectivity index (χ0n) is 23.2. The van der Waals surface area contributed by atoms with Crippen molar-refractivity contribution in [3.63, 3.8) is 0 Å². The van der Waals surface area contributed by atoms with Crippen LogP contribution in [0.5, 0.6) is 0 Å². The molecule has 1 saturated heterocycles. The zero-order chi connectivity index (χ0) is 28.1. The number of rotatable bonds is 12. The molecule has 1 aromatic heterocycles. The SMILES string of the molecule is CC[C@H](C)[C@H](NC(=O)[C@@]1(C)CCCN1C)C(=O)N(C)[C@H](C[C@@H](OC(C)=O)c1nc(C(=O)O)cs1)C(C)C. The minimum absolute atomic E-state index is 0.0160. The fourth-order valence-corrected chi connectivity index (χ4v) is 5.61. The smallest absolute Gasteiger partial charge is 0.355 e. The van der Waals surface area contributed by atoms with Crippen molar-refractivity contribution in [2.75, 3.05) is 20.6 Å². The van der Waals surface area contributed by atoms with E-state index in [9.17, 15) is 24.3 Å². The summed E-state index contributed by atoms with van der Waals surface area (Å²) >= 11 is 1.10. The standard InChI is InChI=1S/C26H42N4O6S/c1-9-16(4)21(28-25(35)26(6)11-10-12-29(26)7)23(32)30(8)19(15(2)3)13-20(36-17(5)31)22-27-18(14-37-22)24(33)34/h14-16,19-21H,9-13H2,1-8H3,(H,28,35)(H,33,34)/t16-,19+,20+,21-,26+/m0/s1. The van der Waals surface area contributed by atoms with Crippen LogP contribution >= 0.6 is 11.3 Å². The van der Waals surface area contributed by atoms with Gasteiger partial charge in [0.15, 0.2) is 11.8 Å². The van der Waals surface area contributed by atoms with Gasteiger partial charge in [0.05, 0.1) is 5.54 Å². The topological polar surface area (TPSA) is 129 Å². The molecular weight excluding hydrogens is 496 g/mol. The van der Waals surface area contributed by atoms with E-state index in [0.29, 0.717) is 11.4 Å². The molecule has 0 aliphatic carbocycles. The molecule has 0 aromatic carbocycles. The van der Waals surface area contributed by atoms with Crippen LogP contribution < -0.4 is 5.32 Å². The molecule has 5 atom stereocenters. The van der Waals surface area contributed by atoms with Crippen molar-refractivity contribution in [3.8, 4) is 0 Å². The number of thiazole rings is 1. The van der Waals surface area contributed by atoms with Crippen LogP contribution in [0.1, 0.15) is 88.8 Å². The van der Waals surface area contributed by atoms with E-state index in [0.717, 1.165) is 30.7 Å². The lowest BCUT2D eigenvalue weighted by molar-refractivity contribution is -0.149. The molecular formula is C26H42N4O6S. The quantitative estimate of drug-likeness (QED) is 0.388. The third-order valence-electron chi connectivity index (χ3n) is 7.65. The van der Waals surface area contributed by atoms with Crippen molar-refractivity contribution < 1.29 is 29.0 Å². The van der Waals surface area contributed by atoms with Gasteiger partial charge in [0.25, 0.3) is 0 Å². The van der Waals surface area contributed by atoms with Gasteiger partial charge in [-0.1, -0.05) is 34.1 Å². The van der Waals surface area contributed by atoms with E-state index >= 15 is 0 Å². The van der Waals surface area contributed by atoms with Crippen LogP contribution in [0, 0.1) is 11.8 Å². The second kappa shape index (κ2) is 12.8. The lowest BCUT2D eigenvalue weighted by Crippen LogP contribution is -2.60. The zero-order valence-corrected chi connectivity index (χ0v) is 24.1. The van der Waals surface area contributed by atoms with Gasteiger partial charge in [0, 0.05) is 31.8 Å². The molecule has 0 spiro atoms. The minimum atomic E-state index is -1.16. The monoisotopic (exact) mass is 538 g/mol. The van der Waals surface area contributed by atoms with Gasteiger partial charge in [-0.25, -0.2) is 9.78 Å². The highest BCUT2D eigenvalue weighted by molar-refractivity contribution is 7.09. The predicted molar refractivity (Wildman–Crippen MR) is 141 cm³/mol. The van der Waals surface area contributed by atoms with Crippen molar-refractivity contribution in [3.05, 3.63) is 16.1 Å². The first kappa shape index (κ1) is 30.7. The maximum Gasteiger partial charge on any atom is 0.355 e. The van der Waals surface area contributed by atoms with Gasteiger partial charge in [-0.05, 0) is 45.2 Å². The van der Waals surface area contributed by atoms with E-state index in [-0.39, 0.29) is 41.8 Å². The Morgan fingerprint density at radius 3 is 2.41 bits per heavy atom. The Bertz CT molecular complexity index is 982. The Labute approximate surface area is 223 Å². The molecule has 0 bridgehead atoms. The molecule has 0 unspecified atom stereocenters. The fourth-order valence-electron chi connectivity index (χ4n) is 4.78. The molecule has 208 valence electrons. The summed E-state index contributed by atoms with van der Waals surface area (Å²) in [6.45, 7) is 11.9. The third kappa shape index (κ3) is 7.28. The summed E-state index contributed by atoms with van der Waals surface area (Å²) in [7, 11) is 3.63. The van der Waals surface area contributed by atoms with Crippen LogP contribution in [0.4, 0.5) is 0 Å². The number of amides is 2. The van der Waals surface area contributed by atoms with E-state index in [4.69, 9.17) is 4.74 Å². The highest BCUT2D eigenvalue weighted by Crippen LogP contribution is 2.31. The number of hydrogen-bond donors (Lipinski definition) is 2. The van der Waals surface area contributed by atoms with E-state index < -0.39 is 29.6 Å². The summed E-state index contributed by atoms with van der Waals surface area (Å²) in [6.07, 6.45) is 1.80. The fraction of sp³-hybridized carbons (Fsp3) is 0.731. The van der Waals surface area contributed by atoms with E-state index in [2.05, 4.69) is 10.3 Å². The van der Waals surface area contributed by atoms with Crippen LogP contribution in [-0.4, -0.2) is 81.9 Å². The molecule has 1 aliphatic rings. The molecule has 1 aromatic rings. The molecule has 2 N–H and O–H groups in total. The Kier molecular flexibility index (Phi) is 10.6. The second-order valence-corrected chi connectivity index (χ2v) is 11.5. The summed E-state index contributed by atoms with van der Waals surface area (Å²) < 4.78 is 5.53. The van der Waals surface area contributed by atoms with Gasteiger partial charge < -0.3 is 20.1 Å². The highest BCUT2D eigenvalue weighted by atomic mass is 32.1. The number of carboxylic acid groups (broad SMARTS) is 1.